The Morgan fingerprint density at radius 2 is 1.86 bits per heavy atom. The molecule has 0 saturated carbocycles. The molecule has 1 N–H and O–H groups in total. The summed E-state index contributed by atoms with van der Waals surface area (Å²) in [4.78, 5) is 18.0. The lowest BCUT2D eigenvalue weighted by atomic mass is 10.0. The Hall–Kier alpha value is -2.67. The summed E-state index contributed by atoms with van der Waals surface area (Å²) in [5, 5.41) is 8.34. The molecule has 0 aliphatic rings. The number of methoxy groups -OCH3 is 1. The van der Waals surface area contributed by atoms with Gasteiger partial charge >= 0.3 is 0 Å². The van der Waals surface area contributed by atoms with Crippen molar-refractivity contribution < 1.29 is 9.53 Å². The van der Waals surface area contributed by atoms with Crippen LogP contribution in [0.3, 0.4) is 0 Å². The smallest absolute Gasteiger partial charge is 0.267 e. The number of rotatable bonds is 7. The molecule has 0 aliphatic carbocycles. The van der Waals surface area contributed by atoms with E-state index in [-0.39, 0.29) is 5.91 Å². The molecule has 154 valence electrons. The highest BCUT2D eigenvalue weighted by molar-refractivity contribution is 7.16. The molecule has 1 aromatic carbocycles. The molecule has 0 saturated heterocycles. The highest BCUT2D eigenvalue weighted by Crippen LogP contribution is 2.27. The van der Waals surface area contributed by atoms with Crippen molar-refractivity contribution in [1.29, 1.82) is 0 Å². The van der Waals surface area contributed by atoms with Gasteiger partial charge in [0.25, 0.3) is 5.91 Å². The molecule has 29 heavy (non-hydrogen) atoms. The maximum absolute atomic E-state index is 12.8. The maximum atomic E-state index is 12.8. The van der Waals surface area contributed by atoms with Gasteiger partial charge in [-0.15, -0.1) is 0 Å². The van der Waals surface area contributed by atoms with E-state index in [9.17, 15) is 4.79 Å². The predicted molar refractivity (Wildman–Crippen MR) is 118 cm³/mol. The molecule has 2 aromatic heterocycles. The van der Waals surface area contributed by atoms with E-state index in [2.05, 4.69) is 31.1 Å². The Morgan fingerprint density at radius 3 is 2.48 bits per heavy atom. The number of hydrogen-bond donors (Lipinski definition) is 1. The number of hydrogen-bond acceptors (Lipinski definition) is 5. The van der Waals surface area contributed by atoms with Crippen molar-refractivity contribution >= 4 is 22.9 Å². The largest absolute Gasteiger partial charge is 0.497 e. The van der Waals surface area contributed by atoms with Crippen molar-refractivity contribution in [2.75, 3.05) is 12.4 Å². The third-order valence-electron chi connectivity index (χ3n) is 4.93. The number of benzene rings is 1. The van der Waals surface area contributed by atoms with E-state index in [0.717, 1.165) is 35.1 Å². The van der Waals surface area contributed by atoms with E-state index >= 15 is 0 Å². The van der Waals surface area contributed by atoms with Crippen LogP contribution in [0.4, 0.5) is 5.69 Å². The molecule has 0 spiro atoms. The first-order valence-corrected chi connectivity index (χ1v) is 10.6. The molecule has 0 aliphatic heterocycles. The van der Waals surface area contributed by atoms with Crippen molar-refractivity contribution in [2.24, 2.45) is 5.92 Å². The van der Waals surface area contributed by atoms with Gasteiger partial charge in [-0.25, -0.2) is 9.67 Å². The summed E-state index contributed by atoms with van der Waals surface area (Å²) in [5.41, 5.74) is 4.81. The van der Waals surface area contributed by atoms with Crippen LogP contribution in [-0.2, 0) is 6.42 Å². The van der Waals surface area contributed by atoms with Gasteiger partial charge < -0.3 is 10.1 Å². The van der Waals surface area contributed by atoms with E-state index in [1.807, 2.05) is 42.8 Å². The minimum Gasteiger partial charge on any atom is -0.497 e. The SMILES string of the molecule is COc1ccc(NC(=O)c2sc(-n3nc(C)c(CCC(C)C)c3C)nc2C)cc1. The number of nitrogens with one attached hydrogen (secondary N) is 1. The van der Waals surface area contributed by atoms with E-state index in [4.69, 9.17) is 9.84 Å². The first kappa shape index (κ1) is 21.0. The van der Waals surface area contributed by atoms with Gasteiger partial charge in [-0.05, 0) is 69.4 Å². The summed E-state index contributed by atoms with van der Waals surface area (Å²) in [7, 11) is 1.61. The van der Waals surface area contributed by atoms with Crippen LogP contribution in [0, 0.1) is 26.7 Å². The zero-order valence-electron chi connectivity index (χ0n) is 17.9. The van der Waals surface area contributed by atoms with Crippen molar-refractivity contribution in [3.63, 3.8) is 0 Å². The molecule has 3 aromatic rings. The number of nitrogens with zero attached hydrogens (tertiary/aromatic N) is 3. The van der Waals surface area contributed by atoms with E-state index in [1.165, 1.54) is 16.9 Å². The maximum Gasteiger partial charge on any atom is 0.267 e. The minimum atomic E-state index is -0.169. The number of amides is 1. The van der Waals surface area contributed by atoms with Crippen LogP contribution >= 0.6 is 11.3 Å². The van der Waals surface area contributed by atoms with Crippen molar-refractivity contribution in [3.05, 3.63) is 51.8 Å². The molecule has 0 atom stereocenters. The lowest BCUT2D eigenvalue weighted by molar-refractivity contribution is 0.103. The van der Waals surface area contributed by atoms with Crippen LogP contribution in [0.2, 0.25) is 0 Å². The fraction of sp³-hybridized carbons (Fsp3) is 0.409. The summed E-state index contributed by atoms with van der Waals surface area (Å²) in [6.45, 7) is 10.4. The number of carbonyl (C=O) groups excluding carboxylic acids is 1. The molecule has 0 radical (unpaired) electrons. The zero-order chi connectivity index (χ0) is 21.1. The highest BCUT2D eigenvalue weighted by Gasteiger charge is 2.20. The number of anilines is 1. The fourth-order valence-electron chi connectivity index (χ4n) is 3.20. The molecule has 7 heteroatoms. The Morgan fingerprint density at radius 1 is 1.17 bits per heavy atom. The number of thiazole rings is 1. The van der Waals surface area contributed by atoms with Crippen LogP contribution in [0.15, 0.2) is 24.3 Å². The first-order chi connectivity index (χ1) is 13.8. The molecule has 2 heterocycles. The number of aromatic nitrogens is 3. The van der Waals surface area contributed by atoms with Gasteiger partial charge in [0.05, 0.1) is 18.5 Å². The van der Waals surface area contributed by atoms with Gasteiger partial charge in [-0.2, -0.15) is 5.10 Å². The summed E-state index contributed by atoms with van der Waals surface area (Å²) >= 11 is 1.36. The average molecular weight is 413 g/mol. The van der Waals surface area contributed by atoms with Gasteiger partial charge in [-0.1, -0.05) is 25.2 Å². The summed E-state index contributed by atoms with van der Waals surface area (Å²) in [5.74, 6) is 1.22. The van der Waals surface area contributed by atoms with Gasteiger partial charge in [0, 0.05) is 11.4 Å². The predicted octanol–water partition coefficient (Wildman–Crippen LogP) is 5.10. The molecule has 0 fully saturated rings. The average Bonchev–Trinajstić information content (AvgIpc) is 3.20. The summed E-state index contributed by atoms with van der Waals surface area (Å²) in [6.07, 6.45) is 2.13. The Bertz CT molecular complexity index is 1000. The quantitative estimate of drug-likeness (QED) is 0.586. The second kappa shape index (κ2) is 8.78. The number of aryl methyl sites for hydroxylation is 2. The monoisotopic (exact) mass is 412 g/mol. The van der Waals surface area contributed by atoms with Crippen LogP contribution in [0.1, 0.15) is 52.6 Å². The van der Waals surface area contributed by atoms with Crippen LogP contribution in [0.25, 0.3) is 5.13 Å². The normalized spacial score (nSPS) is 11.1. The lowest BCUT2D eigenvalue weighted by Gasteiger charge is -2.05. The van der Waals surface area contributed by atoms with Crippen molar-refractivity contribution in [3.8, 4) is 10.9 Å². The van der Waals surface area contributed by atoms with Crippen molar-refractivity contribution in [1.82, 2.24) is 14.8 Å². The minimum absolute atomic E-state index is 0.169. The third-order valence-corrected chi connectivity index (χ3v) is 6.07. The second-order valence-electron chi connectivity index (χ2n) is 7.59. The summed E-state index contributed by atoms with van der Waals surface area (Å²) < 4.78 is 7.02. The highest BCUT2D eigenvalue weighted by atomic mass is 32.1. The fourth-order valence-corrected chi connectivity index (χ4v) is 4.17. The molecule has 0 bridgehead atoms. The molecule has 0 unspecified atom stereocenters. The van der Waals surface area contributed by atoms with E-state index in [0.29, 0.717) is 22.2 Å². The van der Waals surface area contributed by atoms with E-state index < -0.39 is 0 Å². The van der Waals surface area contributed by atoms with Crippen LogP contribution < -0.4 is 10.1 Å². The Labute approximate surface area is 175 Å². The van der Waals surface area contributed by atoms with Crippen molar-refractivity contribution in [2.45, 2.75) is 47.5 Å². The molecular weight excluding hydrogens is 384 g/mol. The van der Waals surface area contributed by atoms with Gasteiger partial charge in [0.15, 0.2) is 0 Å². The lowest BCUT2D eigenvalue weighted by Crippen LogP contribution is -2.11. The molecule has 6 nitrogen and oxygen atoms in total. The number of carbonyl (C=O) groups is 1. The van der Waals surface area contributed by atoms with E-state index in [1.54, 1.807) is 7.11 Å². The standard InChI is InChI=1S/C22H28N4O2S/c1-13(2)7-12-19-14(3)25-26(16(19)5)22-23-15(4)20(29-22)21(27)24-17-8-10-18(28-6)11-9-17/h8-11,13H,7,12H2,1-6H3,(H,24,27). The third kappa shape index (κ3) is 4.67. The second-order valence-corrected chi connectivity index (χ2v) is 8.56. The van der Waals surface area contributed by atoms with Gasteiger partial charge in [0.1, 0.15) is 10.6 Å². The Balaban J connectivity index is 1.82. The summed E-state index contributed by atoms with van der Waals surface area (Å²) in [6, 6.07) is 7.26. The van der Waals surface area contributed by atoms with Gasteiger partial charge in [0.2, 0.25) is 5.13 Å². The first-order valence-electron chi connectivity index (χ1n) is 9.78. The van der Waals surface area contributed by atoms with Crippen LogP contribution in [-0.4, -0.2) is 27.8 Å². The molecule has 1 amide bonds. The van der Waals surface area contributed by atoms with Crippen LogP contribution in [0.5, 0.6) is 5.75 Å². The zero-order valence-corrected chi connectivity index (χ0v) is 18.7. The number of ether oxygens (including phenoxy) is 1. The molecule has 3 rings (SSSR count). The molecular formula is C22H28N4O2S. The Kier molecular flexibility index (Phi) is 6.37. The van der Waals surface area contributed by atoms with Gasteiger partial charge in [-0.3, -0.25) is 4.79 Å². The topological polar surface area (TPSA) is 69.0 Å².